The van der Waals surface area contributed by atoms with Crippen LogP contribution in [0.5, 0.6) is 0 Å². The lowest BCUT2D eigenvalue weighted by Crippen LogP contribution is -2.42. The van der Waals surface area contributed by atoms with E-state index in [4.69, 9.17) is 4.74 Å². The van der Waals surface area contributed by atoms with Gasteiger partial charge >= 0.3 is 5.97 Å². The highest BCUT2D eigenvalue weighted by atomic mass is 32.2. The number of allylic oxidation sites excluding steroid dienone is 1. The van der Waals surface area contributed by atoms with Crippen LogP contribution in [0.15, 0.2) is 70.6 Å². The van der Waals surface area contributed by atoms with Crippen LogP contribution in [0.2, 0.25) is 0 Å². The van der Waals surface area contributed by atoms with E-state index in [2.05, 4.69) is 6.08 Å². The molecule has 2 aliphatic rings. The number of ether oxygens (including phenoxy) is 1. The molecule has 2 aromatic rings. The number of benzene rings is 2. The Kier molecular flexibility index (Phi) is 6.81. The summed E-state index contributed by atoms with van der Waals surface area (Å²) < 4.78 is 48.9. The predicted molar refractivity (Wildman–Crippen MR) is 126 cm³/mol. The number of carbonyl (C=O) groups excluding carboxylic acids is 1. The zero-order valence-corrected chi connectivity index (χ0v) is 19.7. The molecular formula is C26H28FNO4S. The molecule has 2 aromatic carbocycles. The smallest absolute Gasteiger partial charge is 0.338 e. The van der Waals surface area contributed by atoms with Crippen molar-refractivity contribution in [2.24, 2.45) is 5.92 Å². The summed E-state index contributed by atoms with van der Waals surface area (Å²) in [5, 5.41) is 0. The van der Waals surface area contributed by atoms with Crippen LogP contribution in [0.4, 0.5) is 4.39 Å². The molecule has 0 N–H and O–H groups in total. The summed E-state index contributed by atoms with van der Waals surface area (Å²) >= 11 is 0. The standard InChI is InChI=1S/C26H28FNO4S/c1-3-32-26(29)20-12-10-19(11-13-20)25(27)24-17-28(16-21-6-4-5-7-23(21)24)33(30,31)22-14-8-18(2)9-15-22/h6,8-15,23H,3-5,7,16-17H2,1-2H3/b25-24+. The zero-order chi connectivity index (χ0) is 23.6. The third kappa shape index (κ3) is 4.80. The molecule has 5 nitrogen and oxygen atoms in total. The molecule has 1 aliphatic carbocycles. The van der Waals surface area contributed by atoms with Crippen LogP contribution >= 0.6 is 0 Å². The van der Waals surface area contributed by atoms with E-state index >= 15 is 4.39 Å². The van der Waals surface area contributed by atoms with E-state index in [-0.39, 0.29) is 30.5 Å². The van der Waals surface area contributed by atoms with Gasteiger partial charge in [0.1, 0.15) is 5.83 Å². The van der Waals surface area contributed by atoms with E-state index in [1.54, 1.807) is 43.3 Å². The molecule has 1 aliphatic heterocycles. The van der Waals surface area contributed by atoms with E-state index in [1.165, 1.54) is 16.4 Å². The van der Waals surface area contributed by atoms with Crippen LogP contribution in [-0.4, -0.2) is 38.4 Å². The van der Waals surface area contributed by atoms with Gasteiger partial charge in [-0.3, -0.25) is 0 Å². The van der Waals surface area contributed by atoms with Crippen LogP contribution < -0.4 is 0 Å². The minimum Gasteiger partial charge on any atom is -0.462 e. The van der Waals surface area contributed by atoms with Crippen LogP contribution in [0, 0.1) is 12.8 Å². The lowest BCUT2D eigenvalue weighted by atomic mass is 9.79. The highest BCUT2D eigenvalue weighted by Crippen LogP contribution is 2.41. The number of sulfonamides is 1. The Morgan fingerprint density at radius 2 is 1.73 bits per heavy atom. The number of aryl methyl sites for hydroxylation is 1. The molecule has 0 aromatic heterocycles. The van der Waals surface area contributed by atoms with Crippen LogP contribution in [-0.2, 0) is 14.8 Å². The second-order valence-corrected chi connectivity index (χ2v) is 10.4. The van der Waals surface area contributed by atoms with E-state index in [0.717, 1.165) is 30.4 Å². The lowest BCUT2D eigenvalue weighted by molar-refractivity contribution is 0.0526. The van der Waals surface area contributed by atoms with Crippen LogP contribution in [0.25, 0.3) is 5.83 Å². The van der Waals surface area contributed by atoms with E-state index < -0.39 is 21.8 Å². The number of piperidine rings is 1. The summed E-state index contributed by atoms with van der Waals surface area (Å²) in [4.78, 5) is 12.1. The number of rotatable bonds is 5. The highest BCUT2D eigenvalue weighted by Gasteiger charge is 2.37. The summed E-state index contributed by atoms with van der Waals surface area (Å²) in [6.45, 7) is 4.17. The van der Waals surface area contributed by atoms with Gasteiger partial charge in [0, 0.05) is 24.6 Å². The van der Waals surface area contributed by atoms with Gasteiger partial charge in [0.05, 0.1) is 17.1 Å². The number of hydrogen-bond acceptors (Lipinski definition) is 4. The number of carbonyl (C=O) groups is 1. The van der Waals surface area contributed by atoms with Crippen molar-refractivity contribution in [3.63, 3.8) is 0 Å². The molecule has 0 spiro atoms. The van der Waals surface area contributed by atoms with Crippen molar-refractivity contribution in [3.8, 4) is 0 Å². The molecule has 0 bridgehead atoms. The molecule has 7 heteroatoms. The summed E-state index contributed by atoms with van der Waals surface area (Å²) in [6, 6.07) is 12.9. The molecule has 33 heavy (non-hydrogen) atoms. The van der Waals surface area contributed by atoms with Gasteiger partial charge in [0.25, 0.3) is 0 Å². The van der Waals surface area contributed by atoms with Crippen LogP contribution in [0.1, 0.15) is 47.7 Å². The molecule has 1 saturated heterocycles. The number of halogens is 1. The molecule has 0 amide bonds. The fourth-order valence-corrected chi connectivity index (χ4v) is 5.88. The first-order valence-corrected chi connectivity index (χ1v) is 12.7. The Balaban J connectivity index is 1.70. The van der Waals surface area contributed by atoms with Crippen molar-refractivity contribution in [2.45, 2.75) is 38.0 Å². The fourth-order valence-electron chi connectivity index (χ4n) is 4.47. The molecule has 1 heterocycles. The van der Waals surface area contributed by atoms with Gasteiger partial charge in [-0.2, -0.15) is 4.31 Å². The quantitative estimate of drug-likeness (QED) is 0.441. The van der Waals surface area contributed by atoms with E-state index in [0.29, 0.717) is 16.7 Å². The minimum absolute atomic E-state index is 0.00365. The van der Waals surface area contributed by atoms with Crippen molar-refractivity contribution in [3.05, 3.63) is 82.4 Å². The summed E-state index contributed by atoms with van der Waals surface area (Å²) in [6.07, 6.45) is 4.67. The summed E-state index contributed by atoms with van der Waals surface area (Å²) in [5.41, 5.74) is 3.09. The van der Waals surface area contributed by atoms with Crippen molar-refractivity contribution in [1.29, 1.82) is 0 Å². The predicted octanol–water partition coefficient (Wildman–Crippen LogP) is 5.28. The molecule has 1 fully saturated rings. The molecule has 1 unspecified atom stereocenters. The van der Waals surface area contributed by atoms with Gasteiger partial charge in [0.15, 0.2) is 0 Å². The first kappa shape index (κ1) is 23.4. The van der Waals surface area contributed by atoms with Gasteiger partial charge in [0.2, 0.25) is 10.0 Å². The first-order valence-electron chi connectivity index (χ1n) is 11.2. The molecule has 1 atom stereocenters. The monoisotopic (exact) mass is 469 g/mol. The van der Waals surface area contributed by atoms with Crippen LogP contribution in [0.3, 0.4) is 0 Å². The Hall–Kier alpha value is -2.77. The number of hydrogen-bond donors (Lipinski definition) is 0. The Labute approximate surface area is 194 Å². The Morgan fingerprint density at radius 3 is 2.39 bits per heavy atom. The van der Waals surface area contributed by atoms with Gasteiger partial charge in [-0.1, -0.05) is 41.5 Å². The van der Waals surface area contributed by atoms with Gasteiger partial charge in [-0.15, -0.1) is 0 Å². The summed E-state index contributed by atoms with van der Waals surface area (Å²) in [5.74, 6) is -0.984. The third-order valence-electron chi connectivity index (χ3n) is 6.27. The highest BCUT2D eigenvalue weighted by molar-refractivity contribution is 7.89. The maximum absolute atomic E-state index is 15.8. The van der Waals surface area contributed by atoms with Gasteiger partial charge in [-0.25, -0.2) is 17.6 Å². The minimum atomic E-state index is -3.77. The SMILES string of the molecule is CCOC(=O)c1ccc(/C(F)=C2/CN(S(=O)(=O)c3ccc(C)cc3)CC3=CCCCC32)cc1. The second-order valence-electron chi connectivity index (χ2n) is 8.49. The summed E-state index contributed by atoms with van der Waals surface area (Å²) in [7, 11) is -3.77. The maximum atomic E-state index is 15.8. The van der Waals surface area contributed by atoms with E-state index in [9.17, 15) is 13.2 Å². The maximum Gasteiger partial charge on any atom is 0.338 e. The van der Waals surface area contributed by atoms with Crippen molar-refractivity contribution in [1.82, 2.24) is 4.31 Å². The van der Waals surface area contributed by atoms with Gasteiger partial charge in [-0.05, 0) is 62.9 Å². The molecule has 174 valence electrons. The molecular weight excluding hydrogens is 441 g/mol. The average Bonchev–Trinajstić information content (AvgIpc) is 2.83. The lowest BCUT2D eigenvalue weighted by Gasteiger charge is -2.38. The molecule has 0 radical (unpaired) electrons. The second kappa shape index (κ2) is 9.61. The molecule has 0 saturated carbocycles. The Bertz CT molecular complexity index is 1200. The number of nitrogens with zero attached hydrogens (tertiary/aromatic N) is 1. The third-order valence-corrected chi connectivity index (χ3v) is 8.07. The van der Waals surface area contributed by atoms with E-state index in [1.807, 2.05) is 6.92 Å². The first-order chi connectivity index (χ1) is 15.8. The number of fused-ring (bicyclic) bond motifs is 1. The van der Waals surface area contributed by atoms with Gasteiger partial charge < -0.3 is 4.74 Å². The van der Waals surface area contributed by atoms with Crippen molar-refractivity contribution >= 4 is 21.8 Å². The molecule has 4 rings (SSSR count). The van der Waals surface area contributed by atoms with Crippen molar-refractivity contribution < 1.29 is 22.3 Å². The zero-order valence-electron chi connectivity index (χ0n) is 18.9. The largest absolute Gasteiger partial charge is 0.462 e. The average molecular weight is 470 g/mol. The Morgan fingerprint density at radius 1 is 1.06 bits per heavy atom. The number of esters is 1. The van der Waals surface area contributed by atoms with Crippen molar-refractivity contribution in [2.75, 3.05) is 19.7 Å². The topological polar surface area (TPSA) is 63.7 Å². The normalized spacial score (nSPS) is 20.6. The fraction of sp³-hybridized carbons (Fsp3) is 0.346.